The van der Waals surface area contributed by atoms with E-state index < -0.39 is 44.9 Å². The van der Waals surface area contributed by atoms with Crippen molar-refractivity contribution in [3.05, 3.63) is 101 Å². The zero-order chi connectivity index (χ0) is 34.9. The van der Waals surface area contributed by atoms with Crippen molar-refractivity contribution in [2.75, 3.05) is 16.2 Å². The van der Waals surface area contributed by atoms with Crippen molar-refractivity contribution >= 4 is 76.6 Å². The van der Waals surface area contributed by atoms with Gasteiger partial charge in [-0.05, 0) is 60.2 Å². The van der Waals surface area contributed by atoms with Gasteiger partial charge < -0.3 is 24.2 Å². The first kappa shape index (κ1) is 34.2. The molecule has 1 aliphatic rings. The number of hydrogen-bond acceptors (Lipinski definition) is 8. The third kappa shape index (κ3) is 7.50. The molecule has 12 nitrogen and oxygen atoms in total. The van der Waals surface area contributed by atoms with Crippen molar-refractivity contribution in [1.29, 1.82) is 0 Å². The van der Waals surface area contributed by atoms with Crippen molar-refractivity contribution in [2.24, 2.45) is 0 Å². The van der Waals surface area contributed by atoms with Gasteiger partial charge >= 0.3 is 6.61 Å². The number of aromatic nitrogens is 3. The molecule has 0 atom stereocenters. The van der Waals surface area contributed by atoms with E-state index in [1.807, 2.05) is 4.72 Å². The predicted octanol–water partition coefficient (Wildman–Crippen LogP) is 7.25. The summed E-state index contributed by atoms with van der Waals surface area (Å²) in [7, 11) is -7.94. The molecule has 6 aromatic rings. The van der Waals surface area contributed by atoms with Crippen LogP contribution in [0.4, 0.5) is 24.7 Å². The number of benzene rings is 3. The Kier molecular flexibility index (Phi) is 9.54. The molecule has 0 amide bonds. The standard InChI is InChI=1S/C15H11ClF3N3O3S.C15H11ClN2O4S/c16-9-1-2-10-12(4-9)20-6-13(10)26(23,24)22-14-11(17)3-8(5-21-14)7-25-15(18)19;16-9-4-5-10-12(6-9)17-7-14(10)23(19,20)18-11-2-1-3-13-15(11)22-8-21-13/h1-6,15,20H,7H2,(H,21,22);1-7,17-18H,8H2. The van der Waals surface area contributed by atoms with E-state index >= 15 is 0 Å². The van der Waals surface area contributed by atoms with Crippen molar-refractivity contribution in [3.63, 3.8) is 0 Å². The van der Waals surface area contributed by atoms with Gasteiger partial charge in [0.25, 0.3) is 20.0 Å². The lowest BCUT2D eigenvalue weighted by Gasteiger charge is -2.09. The highest BCUT2D eigenvalue weighted by molar-refractivity contribution is 7.93. The number of para-hydroxylation sites is 1. The molecule has 19 heteroatoms. The number of halogens is 5. The Hall–Kier alpha value is -4.68. The van der Waals surface area contributed by atoms with Crippen LogP contribution in [0.5, 0.6) is 11.5 Å². The monoisotopic (exact) mass is 755 g/mol. The van der Waals surface area contributed by atoms with Gasteiger partial charge in [0.05, 0.1) is 12.3 Å². The van der Waals surface area contributed by atoms with Gasteiger partial charge in [0.1, 0.15) is 9.79 Å². The number of nitrogens with one attached hydrogen (secondary N) is 4. The van der Waals surface area contributed by atoms with E-state index in [0.717, 1.165) is 12.3 Å². The quantitative estimate of drug-likeness (QED) is 0.120. The molecule has 4 N–H and O–H groups in total. The molecule has 0 aliphatic carbocycles. The maximum absolute atomic E-state index is 14.1. The van der Waals surface area contributed by atoms with Gasteiger partial charge in [-0.15, -0.1) is 0 Å². The average Bonchev–Trinajstić information content (AvgIpc) is 3.80. The second-order valence-corrected chi connectivity index (χ2v) is 14.4. The molecule has 3 aromatic heterocycles. The van der Waals surface area contributed by atoms with E-state index in [1.165, 1.54) is 24.5 Å². The highest BCUT2D eigenvalue weighted by Crippen LogP contribution is 2.40. The van der Waals surface area contributed by atoms with Gasteiger partial charge in [-0.3, -0.25) is 9.44 Å². The van der Waals surface area contributed by atoms with E-state index in [0.29, 0.717) is 49.0 Å². The number of anilines is 2. The number of pyridine rings is 1. The third-order valence-electron chi connectivity index (χ3n) is 6.94. The first-order valence-corrected chi connectivity index (χ1v) is 17.5. The zero-order valence-electron chi connectivity index (χ0n) is 24.5. The number of fused-ring (bicyclic) bond motifs is 3. The number of aromatic amines is 2. The van der Waals surface area contributed by atoms with Crippen LogP contribution in [0.25, 0.3) is 21.8 Å². The van der Waals surface area contributed by atoms with Crippen LogP contribution in [0, 0.1) is 5.82 Å². The molecule has 0 radical (unpaired) electrons. The molecule has 0 saturated heterocycles. The number of nitrogens with zero attached hydrogens (tertiary/aromatic N) is 1. The van der Waals surface area contributed by atoms with Gasteiger partial charge in [0, 0.05) is 50.4 Å². The molecule has 3 aromatic carbocycles. The highest BCUT2D eigenvalue weighted by Gasteiger charge is 2.25. The molecule has 0 spiro atoms. The lowest BCUT2D eigenvalue weighted by Crippen LogP contribution is -2.15. The fourth-order valence-corrected chi connectivity index (χ4v) is 7.55. The van der Waals surface area contributed by atoms with Crippen molar-refractivity contribution < 1.29 is 44.2 Å². The lowest BCUT2D eigenvalue weighted by molar-refractivity contribution is -0.137. The average molecular weight is 757 g/mol. The fraction of sp³-hybridized carbons (Fsp3) is 0.100. The number of ether oxygens (including phenoxy) is 3. The Balaban J connectivity index is 0.000000171. The van der Waals surface area contributed by atoms with Crippen molar-refractivity contribution in [3.8, 4) is 11.5 Å². The maximum Gasteiger partial charge on any atom is 0.345 e. The van der Waals surface area contributed by atoms with Gasteiger partial charge in [0.2, 0.25) is 6.79 Å². The number of rotatable bonds is 9. The molecule has 0 unspecified atom stereocenters. The number of hydrogen-bond donors (Lipinski definition) is 4. The molecule has 0 saturated carbocycles. The summed E-state index contributed by atoms with van der Waals surface area (Å²) in [5.74, 6) is -0.684. The Labute approximate surface area is 286 Å². The van der Waals surface area contributed by atoms with E-state index in [2.05, 4.69) is 24.4 Å². The summed E-state index contributed by atoms with van der Waals surface area (Å²) in [6, 6.07) is 15.5. The van der Waals surface area contributed by atoms with Crippen LogP contribution in [0.15, 0.2) is 89.0 Å². The van der Waals surface area contributed by atoms with Gasteiger partial charge in [0.15, 0.2) is 23.1 Å². The fourth-order valence-electron chi connectivity index (χ4n) is 4.77. The first-order valence-electron chi connectivity index (χ1n) is 13.8. The molecule has 1 aliphatic heterocycles. The summed E-state index contributed by atoms with van der Waals surface area (Å²) in [5.41, 5.74) is 1.51. The van der Waals surface area contributed by atoms with Crippen LogP contribution in [0.2, 0.25) is 10.0 Å². The van der Waals surface area contributed by atoms with Crippen LogP contribution in [-0.4, -0.2) is 45.2 Å². The van der Waals surface area contributed by atoms with Gasteiger partial charge in [-0.1, -0.05) is 29.3 Å². The molecule has 7 rings (SSSR count). The molecular formula is C30H22Cl2F3N5O7S2. The highest BCUT2D eigenvalue weighted by atomic mass is 35.5. The van der Waals surface area contributed by atoms with Crippen LogP contribution in [0.3, 0.4) is 0 Å². The van der Waals surface area contributed by atoms with E-state index in [9.17, 15) is 30.0 Å². The molecule has 49 heavy (non-hydrogen) atoms. The molecule has 256 valence electrons. The summed E-state index contributed by atoms with van der Waals surface area (Å²) in [6.45, 7) is -3.50. The second kappa shape index (κ2) is 13.7. The normalized spacial score (nSPS) is 12.7. The minimum Gasteiger partial charge on any atom is -0.454 e. The first-order chi connectivity index (χ1) is 23.3. The minimum absolute atomic E-state index is 0.0347. The summed E-state index contributed by atoms with van der Waals surface area (Å²) >= 11 is 11.8. The molecular weight excluding hydrogens is 734 g/mol. The van der Waals surface area contributed by atoms with Gasteiger partial charge in [-0.25, -0.2) is 26.2 Å². The smallest absolute Gasteiger partial charge is 0.345 e. The summed E-state index contributed by atoms with van der Waals surface area (Å²) < 4.78 is 108. The van der Waals surface area contributed by atoms with Crippen molar-refractivity contribution in [2.45, 2.75) is 23.0 Å². The van der Waals surface area contributed by atoms with Crippen LogP contribution < -0.4 is 18.9 Å². The zero-order valence-corrected chi connectivity index (χ0v) is 27.7. The van der Waals surface area contributed by atoms with E-state index in [-0.39, 0.29) is 22.1 Å². The summed E-state index contributed by atoms with van der Waals surface area (Å²) in [6.07, 6.45) is 3.72. The maximum atomic E-state index is 14.1. The Bertz CT molecular complexity index is 2410. The Morgan fingerprint density at radius 1 is 0.857 bits per heavy atom. The minimum atomic E-state index is -4.15. The lowest BCUT2D eigenvalue weighted by atomic mass is 10.2. The topological polar surface area (TPSA) is 164 Å². The summed E-state index contributed by atoms with van der Waals surface area (Å²) in [5, 5.41) is 1.88. The van der Waals surface area contributed by atoms with Crippen molar-refractivity contribution in [1.82, 2.24) is 15.0 Å². The molecule has 4 heterocycles. The SMILES string of the molecule is O=S(=O)(Nc1cccc2c1OCO2)c1c[nH]c2cc(Cl)ccc12.O=S(=O)(Nc1ncc(COC(F)F)cc1F)c1c[nH]c2cc(Cl)ccc12. The third-order valence-corrected chi connectivity index (χ3v) is 10.2. The van der Waals surface area contributed by atoms with Crippen LogP contribution in [-0.2, 0) is 31.4 Å². The number of H-pyrrole nitrogens is 2. The number of sulfonamides is 2. The largest absolute Gasteiger partial charge is 0.454 e. The summed E-state index contributed by atoms with van der Waals surface area (Å²) in [4.78, 5) is 9.33. The van der Waals surface area contributed by atoms with Gasteiger partial charge in [-0.2, -0.15) is 8.78 Å². The van der Waals surface area contributed by atoms with Crippen LogP contribution in [0.1, 0.15) is 5.56 Å². The van der Waals surface area contributed by atoms with E-state index in [1.54, 1.807) is 42.5 Å². The molecule has 0 bridgehead atoms. The Morgan fingerprint density at radius 2 is 1.47 bits per heavy atom. The van der Waals surface area contributed by atoms with Crippen LogP contribution >= 0.6 is 23.2 Å². The Morgan fingerprint density at radius 3 is 2.06 bits per heavy atom. The van der Waals surface area contributed by atoms with E-state index in [4.69, 9.17) is 32.7 Å². The second-order valence-electron chi connectivity index (χ2n) is 10.2. The molecule has 0 fully saturated rings. The number of alkyl halides is 2. The predicted molar refractivity (Wildman–Crippen MR) is 176 cm³/mol.